The Morgan fingerprint density at radius 1 is 1.54 bits per heavy atom. The lowest BCUT2D eigenvalue weighted by Crippen LogP contribution is -2.42. The summed E-state index contributed by atoms with van der Waals surface area (Å²) in [4.78, 5) is 23.0. The van der Waals surface area contributed by atoms with Gasteiger partial charge in [-0.3, -0.25) is 4.79 Å². The van der Waals surface area contributed by atoms with Crippen LogP contribution in [0.3, 0.4) is 0 Å². The molecule has 0 radical (unpaired) electrons. The number of nitrogens with zero attached hydrogens (tertiary/aromatic N) is 4. The first-order valence-corrected chi connectivity index (χ1v) is 7.70. The van der Waals surface area contributed by atoms with Crippen molar-refractivity contribution in [1.82, 2.24) is 9.97 Å². The lowest BCUT2D eigenvalue weighted by atomic mass is 9.92. The predicted octanol–water partition coefficient (Wildman–Crippen LogP) is -1.26. The number of carbonyl (C=O) groups excluding carboxylic acids is 1. The van der Waals surface area contributed by atoms with E-state index >= 15 is 0 Å². The van der Waals surface area contributed by atoms with E-state index < -0.39 is 24.3 Å². The Morgan fingerprint density at radius 3 is 3.00 bits per heavy atom. The maximum atomic E-state index is 11.8. The number of rotatable bonds is 5. The molecule has 0 aromatic carbocycles. The Balaban J connectivity index is 1.83. The Kier molecular flexibility index (Phi) is 4.74. The van der Waals surface area contributed by atoms with Crippen molar-refractivity contribution in [3.05, 3.63) is 6.33 Å². The molecule has 1 aromatic rings. The fourth-order valence-corrected chi connectivity index (χ4v) is 2.97. The Morgan fingerprint density at radius 2 is 2.33 bits per heavy atom. The van der Waals surface area contributed by atoms with Gasteiger partial charge >= 0.3 is 7.41 Å². The molecule has 1 fully saturated rings. The van der Waals surface area contributed by atoms with Crippen LogP contribution in [0.25, 0.3) is 0 Å². The molecule has 10 nitrogen and oxygen atoms in total. The van der Waals surface area contributed by atoms with E-state index in [2.05, 4.69) is 9.97 Å². The van der Waals surface area contributed by atoms with Crippen molar-refractivity contribution in [3.8, 4) is 5.88 Å². The molecule has 0 aliphatic carbocycles. The highest BCUT2D eigenvalue weighted by atomic mass is 16.5. The van der Waals surface area contributed by atoms with Gasteiger partial charge in [-0.2, -0.15) is 0 Å². The lowest BCUT2D eigenvalue weighted by molar-refractivity contribution is -0.0219. The molecule has 1 saturated heterocycles. The highest BCUT2D eigenvalue weighted by Crippen LogP contribution is 2.41. The van der Waals surface area contributed by atoms with Crippen LogP contribution in [0.1, 0.15) is 13.3 Å². The topological polar surface area (TPSA) is 128 Å². The summed E-state index contributed by atoms with van der Waals surface area (Å²) in [6.45, 7) is 1.90. The zero-order valence-electron chi connectivity index (χ0n) is 13.2. The number of fused-ring (bicyclic) bond motifs is 1. The summed E-state index contributed by atoms with van der Waals surface area (Å²) in [6.07, 6.45) is -0.504. The first-order chi connectivity index (χ1) is 11.5. The number of aromatic nitrogens is 2. The van der Waals surface area contributed by atoms with E-state index in [9.17, 15) is 20.1 Å². The zero-order chi connectivity index (χ0) is 17.3. The Labute approximate surface area is 138 Å². The number of carbonyl (C=O) groups is 1. The number of aromatic hydroxyl groups is 1. The van der Waals surface area contributed by atoms with Crippen LogP contribution >= 0.6 is 0 Å². The summed E-state index contributed by atoms with van der Waals surface area (Å²) in [7, 11) is -0.0724. The standard InChI is InChI=1S/C13H19BN4O6/c1-2-23-13(22)14-18-6-17(9-3-7(20)8(4-19)24-9)11-10(18)12(21)16-5-15-11/h5,7-9,14,19-20H,2-4,6H2,1H3,(H,15,16,21)/t7-,8+,9+/m0/s1. The van der Waals surface area contributed by atoms with Crippen molar-refractivity contribution >= 4 is 24.8 Å². The fourth-order valence-electron chi connectivity index (χ4n) is 2.97. The SMILES string of the molecule is CCOC(=O)BN1CN([C@H]2C[C@H](O)[C@@H](CO)O2)c2ncnc(O)c21. The van der Waals surface area contributed by atoms with Gasteiger partial charge in [0.05, 0.1) is 26.0 Å². The third-order valence-corrected chi connectivity index (χ3v) is 4.05. The summed E-state index contributed by atoms with van der Waals surface area (Å²) >= 11 is 0. The highest BCUT2D eigenvalue weighted by molar-refractivity contribution is 6.75. The van der Waals surface area contributed by atoms with Gasteiger partial charge in [-0.15, -0.1) is 0 Å². The molecular weight excluding hydrogens is 319 g/mol. The van der Waals surface area contributed by atoms with Gasteiger partial charge in [0, 0.05) is 6.42 Å². The number of hydrogen-bond donors (Lipinski definition) is 3. The van der Waals surface area contributed by atoms with E-state index in [1.165, 1.54) is 6.33 Å². The molecule has 11 heteroatoms. The first-order valence-electron chi connectivity index (χ1n) is 7.70. The van der Waals surface area contributed by atoms with E-state index in [0.29, 0.717) is 11.5 Å². The largest absolute Gasteiger partial charge is 0.492 e. The van der Waals surface area contributed by atoms with Gasteiger partial charge < -0.3 is 34.5 Å². The molecule has 2 aliphatic rings. The van der Waals surface area contributed by atoms with Crippen molar-refractivity contribution in [1.29, 1.82) is 0 Å². The normalized spacial score (nSPS) is 25.7. The van der Waals surface area contributed by atoms with Crippen molar-refractivity contribution < 1.29 is 29.6 Å². The molecule has 3 N–H and O–H groups in total. The quantitative estimate of drug-likeness (QED) is 0.560. The summed E-state index contributed by atoms with van der Waals surface area (Å²) < 4.78 is 10.6. The number of aliphatic hydroxyl groups is 2. The molecular formula is C13H19BN4O6. The van der Waals surface area contributed by atoms with E-state index in [1.807, 2.05) is 0 Å². The minimum absolute atomic E-state index is 0.0724. The molecule has 0 amide bonds. The summed E-state index contributed by atoms with van der Waals surface area (Å²) in [6, 6.07) is 0. The second-order valence-corrected chi connectivity index (χ2v) is 5.60. The van der Waals surface area contributed by atoms with Crippen LogP contribution in [0.5, 0.6) is 5.88 Å². The van der Waals surface area contributed by atoms with Crippen LogP contribution < -0.4 is 9.71 Å². The summed E-state index contributed by atoms with van der Waals surface area (Å²) in [5, 5.41) is 29.2. The molecule has 3 heterocycles. The fraction of sp³-hybridized carbons (Fsp3) is 0.615. The molecule has 0 unspecified atom stereocenters. The van der Waals surface area contributed by atoms with Gasteiger partial charge in [0.2, 0.25) is 5.88 Å². The minimum atomic E-state index is -0.794. The molecule has 130 valence electrons. The van der Waals surface area contributed by atoms with Gasteiger partial charge in [-0.1, -0.05) is 0 Å². The Bertz CT molecular complexity index is 620. The number of hydrogen-bond acceptors (Lipinski definition) is 10. The Hall–Kier alpha value is -2.11. The second kappa shape index (κ2) is 6.79. The average molecular weight is 338 g/mol. The van der Waals surface area contributed by atoms with Crippen LogP contribution in [0, 0.1) is 0 Å². The highest BCUT2D eigenvalue weighted by Gasteiger charge is 2.43. The van der Waals surface area contributed by atoms with Gasteiger partial charge in [-0.05, 0) is 6.92 Å². The van der Waals surface area contributed by atoms with E-state index in [4.69, 9.17) is 9.47 Å². The van der Waals surface area contributed by atoms with Crippen LogP contribution in [-0.4, -0.2) is 76.9 Å². The number of anilines is 2. The molecule has 0 saturated carbocycles. The monoisotopic (exact) mass is 338 g/mol. The molecule has 2 aliphatic heterocycles. The number of aliphatic hydroxyl groups excluding tert-OH is 2. The average Bonchev–Trinajstić information content (AvgIpc) is 3.09. The minimum Gasteiger partial charge on any atom is -0.492 e. The molecule has 3 rings (SSSR count). The van der Waals surface area contributed by atoms with Crippen LogP contribution in [0.15, 0.2) is 6.33 Å². The summed E-state index contributed by atoms with van der Waals surface area (Å²) in [5.74, 6) is -0.277. The van der Waals surface area contributed by atoms with E-state index in [0.717, 1.165) is 0 Å². The molecule has 0 spiro atoms. The maximum absolute atomic E-state index is 11.8. The summed E-state index contributed by atoms with van der Waals surface area (Å²) in [5.41, 5.74) is 0.316. The first kappa shape index (κ1) is 16.7. The maximum Gasteiger partial charge on any atom is 0.372 e. The molecule has 1 aromatic heterocycles. The smallest absolute Gasteiger partial charge is 0.372 e. The molecule has 0 bridgehead atoms. The van der Waals surface area contributed by atoms with Gasteiger partial charge in [0.15, 0.2) is 5.82 Å². The third kappa shape index (κ3) is 2.97. The van der Waals surface area contributed by atoms with Crippen LogP contribution in [-0.2, 0) is 9.47 Å². The zero-order valence-corrected chi connectivity index (χ0v) is 13.2. The van der Waals surface area contributed by atoms with Gasteiger partial charge in [0.1, 0.15) is 24.3 Å². The van der Waals surface area contributed by atoms with Crippen molar-refractivity contribution in [2.45, 2.75) is 31.8 Å². The lowest BCUT2D eigenvalue weighted by Gasteiger charge is -2.26. The van der Waals surface area contributed by atoms with Crippen molar-refractivity contribution in [2.24, 2.45) is 0 Å². The number of ether oxygens (including phenoxy) is 2. The van der Waals surface area contributed by atoms with Crippen LogP contribution in [0.4, 0.5) is 16.3 Å². The van der Waals surface area contributed by atoms with Crippen LogP contribution in [0.2, 0.25) is 0 Å². The van der Waals surface area contributed by atoms with Crippen molar-refractivity contribution in [3.63, 3.8) is 0 Å². The second-order valence-electron chi connectivity index (χ2n) is 5.60. The van der Waals surface area contributed by atoms with Crippen molar-refractivity contribution in [2.75, 3.05) is 29.6 Å². The molecule has 24 heavy (non-hydrogen) atoms. The van der Waals surface area contributed by atoms with E-state index in [1.54, 1.807) is 16.6 Å². The van der Waals surface area contributed by atoms with E-state index in [-0.39, 0.29) is 39.6 Å². The van der Waals surface area contributed by atoms with Gasteiger partial charge in [-0.25, -0.2) is 9.97 Å². The molecule has 3 atom stereocenters. The van der Waals surface area contributed by atoms with Gasteiger partial charge in [0.25, 0.3) is 5.87 Å². The predicted molar refractivity (Wildman–Crippen MR) is 84.1 cm³/mol. The third-order valence-electron chi connectivity index (χ3n) is 4.05.